The van der Waals surface area contributed by atoms with Gasteiger partial charge in [-0.05, 0) is 49.6 Å². The van der Waals surface area contributed by atoms with Crippen LogP contribution in [0.3, 0.4) is 0 Å². The number of nitrogens with zero attached hydrogens (tertiary/aromatic N) is 2. The highest BCUT2D eigenvalue weighted by molar-refractivity contribution is 7.80. The van der Waals surface area contributed by atoms with Gasteiger partial charge in [-0.25, -0.2) is 0 Å². The maximum atomic E-state index is 12.7. The smallest absolute Gasteiger partial charge is 0.261 e. The lowest BCUT2D eigenvalue weighted by Gasteiger charge is -2.32. The number of thiocarbonyl (C=S) groups is 1. The number of benzene rings is 2. The van der Waals surface area contributed by atoms with Crippen LogP contribution in [0, 0.1) is 0 Å². The van der Waals surface area contributed by atoms with E-state index in [4.69, 9.17) is 17.0 Å². The Morgan fingerprint density at radius 3 is 2.48 bits per heavy atom. The first-order chi connectivity index (χ1) is 14.0. The van der Waals surface area contributed by atoms with Crippen LogP contribution >= 0.6 is 12.2 Å². The number of amides is 2. The van der Waals surface area contributed by atoms with Gasteiger partial charge in [-0.15, -0.1) is 0 Å². The summed E-state index contributed by atoms with van der Waals surface area (Å²) in [5, 5.41) is 5.75. The Morgan fingerprint density at radius 1 is 1.03 bits per heavy atom. The van der Waals surface area contributed by atoms with Gasteiger partial charge in [0.1, 0.15) is 5.75 Å². The monoisotopic (exact) mass is 412 g/mol. The predicted molar refractivity (Wildman–Crippen MR) is 117 cm³/mol. The van der Waals surface area contributed by atoms with E-state index < -0.39 is 0 Å². The number of rotatable bonds is 4. The predicted octanol–water partition coefficient (Wildman–Crippen LogP) is 2.21. The standard InChI is InChI=1S/C21H24N4O3S/c1-24-10-12-25(13-11-24)20(27)15-6-5-7-16(14-15)22-21(29)23-19(26)17-8-3-4-9-18(17)28-2/h3-9,14H,10-13H2,1-2H3,(H2,22,23,26,29). The summed E-state index contributed by atoms with van der Waals surface area (Å²) in [6, 6.07) is 14.0. The first-order valence-electron chi connectivity index (χ1n) is 9.31. The van der Waals surface area contributed by atoms with Crippen LogP contribution in [-0.4, -0.2) is 67.1 Å². The second kappa shape index (κ2) is 9.49. The van der Waals surface area contributed by atoms with Gasteiger partial charge < -0.3 is 19.9 Å². The number of anilines is 1. The number of hydrogen-bond acceptors (Lipinski definition) is 5. The van der Waals surface area contributed by atoms with Crippen molar-refractivity contribution in [2.75, 3.05) is 45.7 Å². The van der Waals surface area contributed by atoms with Gasteiger partial charge in [0.15, 0.2) is 5.11 Å². The van der Waals surface area contributed by atoms with Crippen LogP contribution in [0.4, 0.5) is 5.69 Å². The van der Waals surface area contributed by atoms with Gasteiger partial charge in [-0.1, -0.05) is 18.2 Å². The molecule has 2 amide bonds. The Balaban J connectivity index is 1.63. The third-order valence-corrected chi connectivity index (χ3v) is 4.94. The molecule has 8 heteroatoms. The SMILES string of the molecule is COc1ccccc1C(=O)NC(=S)Nc1cccc(C(=O)N2CCN(C)CC2)c1. The number of likely N-dealkylation sites (N-methyl/N-ethyl adjacent to an activating group) is 1. The van der Waals surface area contributed by atoms with Gasteiger partial charge >= 0.3 is 0 Å². The van der Waals surface area contributed by atoms with Crippen LogP contribution in [0.15, 0.2) is 48.5 Å². The lowest BCUT2D eigenvalue weighted by Crippen LogP contribution is -2.47. The Kier molecular flexibility index (Phi) is 6.79. The van der Waals surface area contributed by atoms with Gasteiger partial charge in [0.05, 0.1) is 12.7 Å². The van der Waals surface area contributed by atoms with Gasteiger partial charge in [0, 0.05) is 37.4 Å². The van der Waals surface area contributed by atoms with E-state index in [1.807, 2.05) is 11.9 Å². The molecule has 1 aliphatic rings. The molecule has 0 spiro atoms. The molecule has 0 aromatic heterocycles. The summed E-state index contributed by atoms with van der Waals surface area (Å²) in [4.78, 5) is 29.2. The van der Waals surface area contributed by atoms with Gasteiger partial charge in [-0.2, -0.15) is 0 Å². The molecular formula is C21H24N4O3S. The lowest BCUT2D eigenvalue weighted by molar-refractivity contribution is 0.0664. The molecule has 0 unspecified atom stereocenters. The molecule has 0 saturated carbocycles. The number of piperazine rings is 1. The molecule has 0 atom stereocenters. The number of carbonyl (C=O) groups excluding carboxylic acids is 2. The first-order valence-corrected chi connectivity index (χ1v) is 9.72. The number of para-hydroxylation sites is 1. The first kappa shape index (κ1) is 20.8. The van der Waals surface area contributed by atoms with Crippen LogP contribution in [0.1, 0.15) is 20.7 Å². The molecule has 1 aliphatic heterocycles. The van der Waals surface area contributed by atoms with E-state index in [1.54, 1.807) is 48.5 Å². The van der Waals surface area contributed by atoms with Crippen molar-refractivity contribution >= 4 is 34.8 Å². The zero-order chi connectivity index (χ0) is 20.8. The maximum Gasteiger partial charge on any atom is 0.261 e. The molecule has 2 aromatic rings. The Bertz CT molecular complexity index is 910. The number of methoxy groups -OCH3 is 1. The molecule has 0 bridgehead atoms. The summed E-state index contributed by atoms with van der Waals surface area (Å²) in [6.07, 6.45) is 0. The normalized spacial score (nSPS) is 14.2. The summed E-state index contributed by atoms with van der Waals surface area (Å²) in [5.41, 5.74) is 1.60. The van der Waals surface area contributed by atoms with E-state index in [1.165, 1.54) is 7.11 Å². The molecule has 0 radical (unpaired) electrons. The van der Waals surface area contributed by atoms with Crippen molar-refractivity contribution in [1.29, 1.82) is 0 Å². The summed E-state index contributed by atoms with van der Waals surface area (Å²) < 4.78 is 5.20. The molecule has 2 aromatic carbocycles. The molecule has 29 heavy (non-hydrogen) atoms. The van der Waals surface area contributed by atoms with Crippen LogP contribution in [0.5, 0.6) is 5.75 Å². The minimum atomic E-state index is -0.371. The summed E-state index contributed by atoms with van der Waals surface area (Å²) in [7, 11) is 3.55. The average molecular weight is 413 g/mol. The maximum absolute atomic E-state index is 12.7. The van der Waals surface area contributed by atoms with E-state index >= 15 is 0 Å². The van der Waals surface area contributed by atoms with Crippen molar-refractivity contribution < 1.29 is 14.3 Å². The zero-order valence-corrected chi connectivity index (χ0v) is 17.3. The Labute approximate surface area is 175 Å². The molecular weight excluding hydrogens is 388 g/mol. The van der Waals surface area contributed by atoms with Gasteiger partial charge in [-0.3, -0.25) is 14.9 Å². The van der Waals surface area contributed by atoms with Crippen molar-refractivity contribution in [2.24, 2.45) is 0 Å². The van der Waals surface area contributed by atoms with Crippen molar-refractivity contribution in [3.05, 3.63) is 59.7 Å². The fraction of sp³-hybridized carbons (Fsp3) is 0.286. The Morgan fingerprint density at radius 2 is 1.76 bits per heavy atom. The third kappa shape index (κ3) is 5.30. The van der Waals surface area contributed by atoms with E-state index in [9.17, 15) is 9.59 Å². The number of nitrogens with one attached hydrogen (secondary N) is 2. The number of ether oxygens (including phenoxy) is 1. The molecule has 1 fully saturated rings. The number of carbonyl (C=O) groups is 2. The highest BCUT2D eigenvalue weighted by Gasteiger charge is 2.20. The van der Waals surface area contributed by atoms with E-state index in [0.717, 1.165) is 13.1 Å². The van der Waals surface area contributed by atoms with Crippen LogP contribution in [0.25, 0.3) is 0 Å². The molecule has 1 heterocycles. The second-order valence-electron chi connectivity index (χ2n) is 6.78. The van der Waals surface area contributed by atoms with Crippen molar-refractivity contribution in [3.63, 3.8) is 0 Å². The van der Waals surface area contributed by atoms with Crippen LogP contribution in [-0.2, 0) is 0 Å². The van der Waals surface area contributed by atoms with Crippen molar-refractivity contribution in [2.45, 2.75) is 0 Å². The second-order valence-corrected chi connectivity index (χ2v) is 7.19. The molecule has 3 rings (SSSR count). The minimum Gasteiger partial charge on any atom is -0.496 e. The third-order valence-electron chi connectivity index (χ3n) is 4.74. The van der Waals surface area contributed by atoms with Gasteiger partial charge in [0.25, 0.3) is 11.8 Å². The van der Waals surface area contributed by atoms with Crippen molar-refractivity contribution in [1.82, 2.24) is 15.1 Å². The minimum absolute atomic E-state index is 0.00859. The summed E-state index contributed by atoms with van der Waals surface area (Å²) in [5.74, 6) is 0.0860. The Hall–Kier alpha value is -2.97. The fourth-order valence-electron chi connectivity index (χ4n) is 3.09. The van der Waals surface area contributed by atoms with Crippen molar-refractivity contribution in [3.8, 4) is 5.75 Å². The quantitative estimate of drug-likeness (QED) is 0.750. The average Bonchev–Trinajstić information content (AvgIpc) is 2.73. The molecule has 1 saturated heterocycles. The largest absolute Gasteiger partial charge is 0.496 e. The van der Waals surface area contributed by atoms with E-state index in [-0.39, 0.29) is 16.9 Å². The molecule has 7 nitrogen and oxygen atoms in total. The van der Waals surface area contributed by atoms with E-state index in [2.05, 4.69) is 15.5 Å². The fourth-order valence-corrected chi connectivity index (χ4v) is 3.30. The number of hydrogen-bond donors (Lipinski definition) is 2. The summed E-state index contributed by atoms with van der Waals surface area (Å²) >= 11 is 5.25. The zero-order valence-electron chi connectivity index (χ0n) is 16.5. The highest BCUT2D eigenvalue weighted by atomic mass is 32.1. The lowest BCUT2D eigenvalue weighted by atomic mass is 10.1. The summed E-state index contributed by atoms with van der Waals surface area (Å²) in [6.45, 7) is 3.15. The molecule has 152 valence electrons. The van der Waals surface area contributed by atoms with E-state index in [0.29, 0.717) is 35.7 Å². The van der Waals surface area contributed by atoms with Crippen LogP contribution < -0.4 is 15.4 Å². The van der Waals surface area contributed by atoms with Gasteiger partial charge in [0.2, 0.25) is 0 Å². The highest BCUT2D eigenvalue weighted by Crippen LogP contribution is 2.17. The molecule has 2 N–H and O–H groups in total. The topological polar surface area (TPSA) is 73.9 Å². The molecule has 0 aliphatic carbocycles. The van der Waals surface area contributed by atoms with Crippen LogP contribution in [0.2, 0.25) is 0 Å².